The number of hydrogen-bond acceptors (Lipinski definition) is 0. The van der Waals surface area contributed by atoms with Crippen LogP contribution in [0.4, 0.5) is 0 Å². The van der Waals surface area contributed by atoms with E-state index in [-0.39, 0.29) is 0 Å². The smallest absolute Gasteiger partial charge is 0.219 e. The first-order valence-electron chi connectivity index (χ1n) is 5.16. The van der Waals surface area contributed by atoms with Gasteiger partial charge in [0, 0.05) is 29.8 Å². The maximum atomic E-state index is 3.68. The summed E-state index contributed by atoms with van der Waals surface area (Å²) >= 11 is 3.68. The Morgan fingerprint density at radius 3 is 1.86 bits per heavy atom. The van der Waals surface area contributed by atoms with Crippen molar-refractivity contribution in [3.8, 4) is 0 Å². The highest BCUT2D eigenvalue weighted by molar-refractivity contribution is 9.10. The van der Waals surface area contributed by atoms with E-state index in [0.717, 1.165) is 0 Å². The average Bonchev–Trinajstić information content (AvgIpc) is 2.23. The number of nitrogens with zero attached hydrogens (tertiary/aromatic N) is 2. The summed E-state index contributed by atoms with van der Waals surface area (Å²) in [6.45, 7) is 13.2. The van der Waals surface area contributed by atoms with Crippen LogP contribution in [0.15, 0.2) is 4.73 Å². The minimum atomic E-state index is 0.503. The molecule has 0 fully saturated rings. The van der Waals surface area contributed by atoms with E-state index >= 15 is 0 Å². The highest BCUT2D eigenvalue weighted by atomic mass is 79.9. The summed E-state index contributed by atoms with van der Waals surface area (Å²) in [7, 11) is 0. The van der Waals surface area contributed by atoms with Crippen LogP contribution in [-0.2, 0) is 0 Å². The van der Waals surface area contributed by atoms with Gasteiger partial charge in [0.15, 0.2) is 0 Å². The van der Waals surface area contributed by atoms with Gasteiger partial charge >= 0.3 is 4.73 Å². The van der Waals surface area contributed by atoms with Crippen molar-refractivity contribution in [3.05, 3.63) is 16.1 Å². The lowest BCUT2D eigenvalue weighted by molar-refractivity contribution is -0.731. The quantitative estimate of drug-likeness (QED) is 0.721. The number of hydrogen-bond donors (Lipinski definition) is 0. The largest absolute Gasteiger partial charge is 0.326 e. The summed E-state index contributed by atoms with van der Waals surface area (Å²) in [5.74, 6) is 0. The highest BCUT2D eigenvalue weighted by Crippen LogP contribution is 2.21. The first-order valence-corrected chi connectivity index (χ1v) is 5.95. The van der Waals surface area contributed by atoms with Crippen LogP contribution in [0.1, 0.15) is 51.2 Å². The Morgan fingerprint density at radius 2 is 1.64 bits per heavy atom. The van der Waals surface area contributed by atoms with Crippen LogP contribution >= 0.6 is 15.9 Å². The predicted octanol–water partition coefficient (Wildman–Crippen LogP) is 3.32. The summed E-state index contributed by atoms with van der Waals surface area (Å²) < 4.78 is 5.84. The zero-order valence-electron chi connectivity index (χ0n) is 9.93. The molecule has 0 unspecified atom stereocenters. The molecule has 3 heteroatoms. The number of halogens is 1. The zero-order valence-corrected chi connectivity index (χ0v) is 11.5. The third-order valence-electron chi connectivity index (χ3n) is 2.68. The van der Waals surface area contributed by atoms with Crippen LogP contribution in [0.2, 0.25) is 0 Å². The molecule has 1 aromatic rings. The highest BCUT2D eigenvalue weighted by Gasteiger charge is 2.26. The molecule has 0 aliphatic heterocycles. The van der Waals surface area contributed by atoms with Gasteiger partial charge in [0.05, 0.1) is 12.1 Å². The van der Waals surface area contributed by atoms with Gasteiger partial charge < -0.3 is 0 Å². The lowest BCUT2D eigenvalue weighted by atomic mass is 10.3. The molecule has 1 rings (SSSR count). The van der Waals surface area contributed by atoms with E-state index in [1.807, 2.05) is 0 Å². The molecule has 0 spiro atoms. The van der Waals surface area contributed by atoms with E-state index < -0.39 is 0 Å². The van der Waals surface area contributed by atoms with Crippen LogP contribution in [0.3, 0.4) is 0 Å². The number of aromatic nitrogens is 2. The Labute approximate surface area is 95.1 Å². The summed E-state index contributed by atoms with van der Waals surface area (Å²) in [5.41, 5.74) is 2.70. The maximum absolute atomic E-state index is 3.68. The normalized spacial score (nSPS) is 11.8. The van der Waals surface area contributed by atoms with E-state index in [1.165, 1.54) is 16.1 Å². The lowest BCUT2D eigenvalue weighted by Crippen LogP contribution is -2.39. The minimum Gasteiger partial charge on any atom is -0.219 e. The van der Waals surface area contributed by atoms with Crippen molar-refractivity contribution in [2.24, 2.45) is 0 Å². The molecule has 0 saturated heterocycles. The SMILES string of the molecule is Cc1c(C)[n+](C(C)C)c(Br)n1C(C)C. The van der Waals surface area contributed by atoms with Gasteiger partial charge in [-0.15, -0.1) is 0 Å². The molecule has 0 atom stereocenters. The second-order valence-electron chi connectivity index (χ2n) is 4.37. The monoisotopic (exact) mass is 259 g/mol. The molecule has 0 aromatic carbocycles. The van der Waals surface area contributed by atoms with Crippen molar-refractivity contribution in [1.29, 1.82) is 0 Å². The summed E-state index contributed by atoms with van der Waals surface area (Å²) in [6, 6.07) is 1.01. The first kappa shape index (κ1) is 11.8. The molecule has 0 aliphatic carbocycles. The van der Waals surface area contributed by atoms with E-state index in [0.29, 0.717) is 12.1 Å². The Kier molecular flexibility index (Phi) is 3.40. The third-order valence-corrected chi connectivity index (χ3v) is 3.44. The van der Waals surface area contributed by atoms with Crippen molar-refractivity contribution in [3.63, 3.8) is 0 Å². The molecule has 1 aromatic heterocycles. The Hall–Kier alpha value is -0.310. The molecular weight excluding hydrogens is 240 g/mol. The van der Waals surface area contributed by atoms with E-state index in [9.17, 15) is 0 Å². The van der Waals surface area contributed by atoms with Gasteiger partial charge in [-0.1, -0.05) is 0 Å². The molecule has 80 valence electrons. The van der Waals surface area contributed by atoms with Crippen molar-refractivity contribution < 1.29 is 4.57 Å². The van der Waals surface area contributed by atoms with Gasteiger partial charge in [0.2, 0.25) is 0 Å². The zero-order chi connectivity index (χ0) is 11.0. The lowest BCUT2D eigenvalue weighted by Gasteiger charge is -2.05. The predicted molar refractivity (Wildman–Crippen MR) is 62.6 cm³/mol. The van der Waals surface area contributed by atoms with Crippen LogP contribution in [0, 0.1) is 13.8 Å². The van der Waals surface area contributed by atoms with Crippen molar-refractivity contribution in [2.45, 2.75) is 53.6 Å². The van der Waals surface area contributed by atoms with E-state index in [2.05, 4.69) is 66.6 Å². The van der Waals surface area contributed by atoms with Gasteiger partial charge in [0.1, 0.15) is 11.4 Å². The summed E-state index contributed by atoms with van der Waals surface area (Å²) in [5, 5.41) is 0. The van der Waals surface area contributed by atoms with Crippen LogP contribution in [0.25, 0.3) is 0 Å². The Balaban J connectivity index is 3.41. The molecule has 0 N–H and O–H groups in total. The van der Waals surface area contributed by atoms with Gasteiger partial charge in [-0.2, -0.15) is 0 Å². The minimum absolute atomic E-state index is 0.503. The standard InChI is InChI=1S/C11H20BrN2/c1-7(2)13-9(5)10(6)14(8(3)4)11(13)12/h7-8H,1-6H3/q+1. The molecule has 0 amide bonds. The van der Waals surface area contributed by atoms with Crippen LogP contribution in [0.5, 0.6) is 0 Å². The fourth-order valence-electron chi connectivity index (χ4n) is 1.94. The van der Waals surface area contributed by atoms with Crippen LogP contribution < -0.4 is 4.57 Å². The van der Waals surface area contributed by atoms with E-state index in [1.54, 1.807) is 0 Å². The van der Waals surface area contributed by atoms with Crippen molar-refractivity contribution in [2.75, 3.05) is 0 Å². The van der Waals surface area contributed by atoms with Gasteiger partial charge in [-0.25, -0.2) is 9.13 Å². The Bertz CT molecular complexity index is 306. The fraction of sp³-hybridized carbons (Fsp3) is 0.727. The Morgan fingerprint density at radius 1 is 1.14 bits per heavy atom. The molecule has 14 heavy (non-hydrogen) atoms. The van der Waals surface area contributed by atoms with E-state index in [4.69, 9.17) is 0 Å². The van der Waals surface area contributed by atoms with Gasteiger partial charge in [0.25, 0.3) is 0 Å². The molecule has 0 aliphatic rings. The van der Waals surface area contributed by atoms with Gasteiger partial charge in [-0.05, 0) is 27.7 Å². The molecule has 2 nitrogen and oxygen atoms in total. The average molecular weight is 260 g/mol. The summed E-state index contributed by atoms with van der Waals surface area (Å²) in [6.07, 6.45) is 0. The van der Waals surface area contributed by atoms with Crippen molar-refractivity contribution in [1.82, 2.24) is 4.57 Å². The summed E-state index contributed by atoms with van der Waals surface area (Å²) in [4.78, 5) is 0. The molecule has 1 heterocycles. The van der Waals surface area contributed by atoms with Crippen LogP contribution in [-0.4, -0.2) is 4.57 Å². The fourth-order valence-corrected chi connectivity index (χ4v) is 3.29. The van der Waals surface area contributed by atoms with Gasteiger partial charge in [-0.3, -0.25) is 0 Å². The molecular formula is C11H20BrN2+. The number of rotatable bonds is 2. The maximum Gasteiger partial charge on any atom is 0.326 e. The second-order valence-corrected chi connectivity index (χ2v) is 5.08. The molecule has 0 bridgehead atoms. The molecule has 0 radical (unpaired) electrons. The second kappa shape index (κ2) is 4.05. The molecule has 0 saturated carbocycles. The third kappa shape index (κ3) is 1.74. The topological polar surface area (TPSA) is 8.81 Å². The van der Waals surface area contributed by atoms with Crippen molar-refractivity contribution >= 4 is 15.9 Å². The first-order chi connectivity index (χ1) is 6.37. The number of imidazole rings is 1.